The topological polar surface area (TPSA) is 12.9 Å². The van der Waals surface area contributed by atoms with E-state index in [0.717, 1.165) is 6.42 Å². The molecule has 0 fully saturated rings. The molecule has 53 valence electrons. The molecule has 0 saturated heterocycles. The summed E-state index contributed by atoms with van der Waals surface area (Å²) in [6.07, 6.45) is 4.79. The highest BCUT2D eigenvalue weighted by Gasteiger charge is 2.00. The van der Waals surface area contributed by atoms with Gasteiger partial charge in [-0.15, -0.1) is 0 Å². The summed E-state index contributed by atoms with van der Waals surface area (Å²) in [5.41, 5.74) is 1.21. The van der Waals surface area contributed by atoms with Crippen molar-refractivity contribution >= 4 is 0 Å². The average Bonchev–Trinajstić information content (AvgIpc) is 2.05. The molecule has 0 aliphatic rings. The monoisotopic (exact) mass is 134 g/mol. The number of nitrogens with zero attached hydrogens (tertiary/aromatic N) is 1. The molecular formula is C9H12N. The van der Waals surface area contributed by atoms with E-state index in [1.165, 1.54) is 5.56 Å². The van der Waals surface area contributed by atoms with Crippen LogP contribution < -0.4 is 0 Å². The van der Waals surface area contributed by atoms with Crippen molar-refractivity contribution in [1.29, 1.82) is 0 Å². The molecule has 0 amide bonds. The lowest BCUT2D eigenvalue weighted by atomic mass is 10.0. The van der Waals surface area contributed by atoms with Crippen molar-refractivity contribution in [3.63, 3.8) is 0 Å². The van der Waals surface area contributed by atoms with E-state index >= 15 is 0 Å². The molecule has 1 heteroatoms. The lowest BCUT2D eigenvalue weighted by molar-refractivity contribution is 0.728. The SMILES string of the molecule is CCC(C)c1[c]ccnc1. The third-order valence-corrected chi connectivity index (χ3v) is 1.77. The fraction of sp³-hybridized carbons (Fsp3) is 0.444. The molecule has 0 aliphatic heterocycles. The zero-order valence-electron chi connectivity index (χ0n) is 6.46. The van der Waals surface area contributed by atoms with Crippen LogP contribution in [0.4, 0.5) is 0 Å². The Kier molecular flexibility index (Phi) is 2.43. The summed E-state index contributed by atoms with van der Waals surface area (Å²) in [5, 5.41) is 0. The van der Waals surface area contributed by atoms with Gasteiger partial charge in [0.05, 0.1) is 0 Å². The van der Waals surface area contributed by atoms with E-state index in [1.54, 1.807) is 6.20 Å². The van der Waals surface area contributed by atoms with E-state index in [9.17, 15) is 0 Å². The minimum Gasteiger partial charge on any atom is -0.264 e. The molecule has 10 heavy (non-hydrogen) atoms. The number of rotatable bonds is 2. The van der Waals surface area contributed by atoms with Crippen molar-refractivity contribution < 1.29 is 0 Å². The Balaban J connectivity index is 2.75. The first-order chi connectivity index (χ1) is 4.84. The van der Waals surface area contributed by atoms with E-state index in [4.69, 9.17) is 0 Å². The van der Waals surface area contributed by atoms with Gasteiger partial charge >= 0.3 is 0 Å². The summed E-state index contributed by atoms with van der Waals surface area (Å²) in [4.78, 5) is 4.02. The maximum Gasteiger partial charge on any atom is 0.0308 e. The first-order valence-corrected chi connectivity index (χ1v) is 3.66. The molecular weight excluding hydrogens is 122 g/mol. The number of aromatic nitrogens is 1. The lowest BCUT2D eigenvalue weighted by Crippen LogP contribution is -1.90. The second kappa shape index (κ2) is 3.35. The maximum absolute atomic E-state index is 4.02. The van der Waals surface area contributed by atoms with E-state index in [-0.39, 0.29) is 0 Å². The first kappa shape index (κ1) is 7.26. The molecule has 0 bridgehead atoms. The van der Waals surface area contributed by atoms with Gasteiger partial charge in [0.2, 0.25) is 0 Å². The Morgan fingerprint density at radius 1 is 1.70 bits per heavy atom. The standard InChI is InChI=1S/C9H12N/c1-3-8(2)9-5-4-6-10-7-9/h4,6-8H,3H2,1-2H3. The van der Waals surface area contributed by atoms with Gasteiger partial charge in [-0.1, -0.05) is 13.8 Å². The van der Waals surface area contributed by atoms with Crippen LogP contribution in [0.15, 0.2) is 18.5 Å². The quantitative estimate of drug-likeness (QED) is 0.605. The molecule has 1 radical (unpaired) electrons. The summed E-state index contributed by atoms with van der Waals surface area (Å²) < 4.78 is 0. The van der Waals surface area contributed by atoms with Crippen LogP contribution in [0.25, 0.3) is 0 Å². The minimum atomic E-state index is 0.591. The summed E-state index contributed by atoms with van der Waals surface area (Å²) in [6, 6.07) is 5.02. The molecule has 0 saturated carbocycles. The zero-order chi connectivity index (χ0) is 7.40. The molecule has 1 rings (SSSR count). The fourth-order valence-electron chi connectivity index (χ4n) is 0.827. The third-order valence-electron chi connectivity index (χ3n) is 1.77. The predicted molar refractivity (Wildman–Crippen MR) is 41.8 cm³/mol. The summed E-state index contributed by atoms with van der Waals surface area (Å²) in [6.45, 7) is 4.36. The van der Waals surface area contributed by atoms with Crippen LogP contribution in [-0.4, -0.2) is 4.98 Å². The first-order valence-electron chi connectivity index (χ1n) is 3.66. The van der Waals surface area contributed by atoms with Gasteiger partial charge < -0.3 is 0 Å². The maximum atomic E-state index is 4.02. The number of pyridine rings is 1. The van der Waals surface area contributed by atoms with Crippen LogP contribution in [0.1, 0.15) is 31.7 Å². The molecule has 0 N–H and O–H groups in total. The van der Waals surface area contributed by atoms with Gasteiger partial charge in [0.15, 0.2) is 0 Å². The molecule has 1 aromatic heterocycles. The second-order valence-electron chi connectivity index (χ2n) is 2.50. The minimum absolute atomic E-state index is 0.591. The van der Waals surface area contributed by atoms with Crippen LogP contribution in [0.3, 0.4) is 0 Å². The molecule has 1 heterocycles. The third kappa shape index (κ3) is 1.56. The summed E-state index contributed by atoms with van der Waals surface area (Å²) >= 11 is 0. The van der Waals surface area contributed by atoms with Gasteiger partial charge in [0.1, 0.15) is 0 Å². The Morgan fingerprint density at radius 2 is 2.50 bits per heavy atom. The molecule has 0 aliphatic carbocycles. The Morgan fingerprint density at radius 3 is 3.00 bits per heavy atom. The van der Waals surface area contributed by atoms with Crippen molar-refractivity contribution in [2.45, 2.75) is 26.2 Å². The van der Waals surface area contributed by atoms with Gasteiger partial charge in [0, 0.05) is 12.4 Å². The Bertz CT molecular complexity index is 181. The fourth-order valence-corrected chi connectivity index (χ4v) is 0.827. The smallest absolute Gasteiger partial charge is 0.0308 e. The van der Waals surface area contributed by atoms with Gasteiger partial charge in [-0.05, 0) is 30.0 Å². The van der Waals surface area contributed by atoms with Crippen LogP contribution in [0.5, 0.6) is 0 Å². The van der Waals surface area contributed by atoms with Crippen LogP contribution in [0, 0.1) is 6.07 Å². The van der Waals surface area contributed by atoms with E-state index in [2.05, 4.69) is 24.9 Å². The van der Waals surface area contributed by atoms with Crippen molar-refractivity contribution in [3.05, 3.63) is 30.1 Å². The van der Waals surface area contributed by atoms with Gasteiger partial charge in [-0.2, -0.15) is 0 Å². The Hall–Kier alpha value is -0.850. The molecule has 1 nitrogen and oxygen atoms in total. The molecule has 1 atom stereocenters. The highest BCUT2D eigenvalue weighted by atomic mass is 14.6. The van der Waals surface area contributed by atoms with Crippen LogP contribution in [0.2, 0.25) is 0 Å². The summed E-state index contributed by atoms with van der Waals surface area (Å²) in [7, 11) is 0. The second-order valence-corrected chi connectivity index (χ2v) is 2.50. The van der Waals surface area contributed by atoms with Crippen molar-refractivity contribution in [2.75, 3.05) is 0 Å². The molecule has 1 unspecified atom stereocenters. The van der Waals surface area contributed by atoms with E-state index in [0.29, 0.717) is 5.92 Å². The highest BCUT2D eigenvalue weighted by molar-refractivity contribution is 5.11. The van der Waals surface area contributed by atoms with Gasteiger partial charge in [0.25, 0.3) is 0 Å². The Labute approximate surface area is 62.1 Å². The van der Waals surface area contributed by atoms with E-state index < -0.39 is 0 Å². The molecule has 0 spiro atoms. The highest BCUT2D eigenvalue weighted by Crippen LogP contribution is 2.15. The largest absolute Gasteiger partial charge is 0.264 e. The number of hydrogen-bond donors (Lipinski definition) is 0. The molecule has 0 aromatic carbocycles. The number of hydrogen-bond acceptors (Lipinski definition) is 1. The van der Waals surface area contributed by atoms with E-state index in [1.807, 2.05) is 12.3 Å². The molecule has 1 aromatic rings. The normalized spacial score (nSPS) is 13.0. The van der Waals surface area contributed by atoms with Crippen molar-refractivity contribution in [3.8, 4) is 0 Å². The van der Waals surface area contributed by atoms with Crippen molar-refractivity contribution in [1.82, 2.24) is 4.98 Å². The van der Waals surface area contributed by atoms with Gasteiger partial charge in [-0.25, -0.2) is 0 Å². The lowest BCUT2D eigenvalue weighted by Gasteiger charge is -2.05. The van der Waals surface area contributed by atoms with Gasteiger partial charge in [-0.3, -0.25) is 4.98 Å². The van der Waals surface area contributed by atoms with Crippen LogP contribution in [-0.2, 0) is 0 Å². The summed E-state index contributed by atoms with van der Waals surface area (Å²) in [5.74, 6) is 0.591. The zero-order valence-corrected chi connectivity index (χ0v) is 6.46. The average molecular weight is 134 g/mol. The predicted octanol–water partition coefficient (Wildman–Crippen LogP) is 2.40. The van der Waals surface area contributed by atoms with Crippen LogP contribution >= 0.6 is 0 Å². The van der Waals surface area contributed by atoms with Crippen molar-refractivity contribution in [2.24, 2.45) is 0 Å².